The van der Waals surface area contributed by atoms with E-state index in [1.54, 1.807) is 4.57 Å². The molecule has 1 aromatic rings. The number of ether oxygens (including phenoxy) is 1. The number of primary sulfonamides is 1. The van der Waals surface area contributed by atoms with Gasteiger partial charge in [0.1, 0.15) is 6.61 Å². The molecule has 17 heavy (non-hydrogen) atoms. The monoisotopic (exact) mass is 260 g/mol. The smallest absolute Gasteiger partial charge is 0.273 e. The fourth-order valence-electron chi connectivity index (χ4n) is 1.54. The summed E-state index contributed by atoms with van der Waals surface area (Å²) >= 11 is 0. The number of nitrogens with two attached hydrogens (primary N) is 1. The Hall–Kier alpha value is -0.990. The third-order valence-corrected chi connectivity index (χ3v) is 3.23. The molecule has 0 radical (unpaired) electrons. The topological polar surface area (TPSA) is 100 Å². The highest BCUT2D eigenvalue weighted by molar-refractivity contribution is 7.89. The maximum atomic E-state index is 11.4. The van der Waals surface area contributed by atoms with Gasteiger partial charge in [0.25, 0.3) is 15.2 Å². The van der Waals surface area contributed by atoms with Gasteiger partial charge in [-0.25, -0.2) is 13.6 Å². The largest absolute Gasteiger partial charge is 0.371 e. The van der Waals surface area contributed by atoms with Gasteiger partial charge >= 0.3 is 0 Å². The van der Waals surface area contributed by atoms with Crippen molar-refractivity contribution in [2.24, 2.45) is 5.14 Å². The Morgan fingerprint density at radius 1 is 1.47 bits per heavy atom. The second-order valence-electron chi connectivity index (χ2n) is 4.40. The average molecular weight is 260 g/mol. The van der Waals surface area contributed by atoms with Gasteiger partial charge < -0.3 is 4.74 Å². The van der Waals surface area contributed by atoms with E-state index < -0.39 is 10.0 Å². The molecule has 0 spiro atoms. The summed E-state index contributed by atoms with van der Waals surface area (Å²) in [6, 6.07) is 0.143. The molecule has 1 aromatic heterocycles. The number of nitrogens with zero attached hydrogens (tertiary/aromatic N) is 3. The molecule has 0 bridgehead atoms. The molecule has 0 amide bonds. The van der Waals surface area contributed by atoms with E-state index >= 15 is 0 Å². The number of hydrogen-bond donors (Lipinski definition) is 1. The third kappa shape index (κ3) is 2.82. The van der Waals surface area contributed by atoms with E-state index in [1.807, 2.05) is 13.8 Å². The van der Waals surface area contributed by atoms with E-state index in [0.29, 0.717) is 5.82 Å². The lowest BCUT2D eigenvalue weighted by molar-refractivity contribution is 0.0589. The minimum absolute atomic E-state index is 0.0530. The lowest BCUT2D eigenvalue weighted by Crippen LogP contribution is -2.19. The van der Waals surface area contributed by atoms with Crippen LogP contribution in [0.5, 0.6) is 0 Å². The van der Waals surface area contributed by atoms with E-state index in [4.69, 9.17) is 9.88 Å². The molecule has 0 saturated heterocycles. The highest BCUT2D eigenvalue weighted by Crippen LogP contribution is 2.37. The van der Waals surface area contributed by atoms with Crippen LogP contribution in [0, 0.1) is 0 Å². The normalized spacial score (nSPS) is 16.7. The lowest BCUT2D eigenvalue weighted by atomic mass is 10.5. The van der Waals surface area contributed by atoms with Crippen molar-refractivity contribution >= 4 is 10.0 Å². The van der Waals surface area contributed by atoms with E-state index in [1.165, 1.54) is 0 Å². The summed E-state index contributed by atoms with van der Waals surface area (Å²) in [6.45, 7) is 4.05. The molecule has 2 rings (SSSR count). The van der Waals surface area contributed by atoms with Gasteiger partial charge in [-0.05, 0) is 26.7 Å². The molecule has 1 fully saturated rings. The van der Waals surface area contributed by atoms with Crippen LogP contribution in [0.4, 0.5) is 0 Å². The summed E-state index contributed by atoms with van der Waals surface area (Å²) in [5, 5.41) is 12.4. The molecule has 2 N–H and O–H groups in total. The highest BCUT2D eigenvalue weighted by atomic mass is 32.2. The van der Waals surface area contributed by atoms with Crippen molar-refractivity contribution in [3.8, 4) is 0 Å². The van der Waals surface area contributed by atoms with Crippen molar-refractivity contribution in [3.63, 3.8) is 0 Å². The molecule has 1 aliphatic rings. The van der Waals surface area contributed by atoms with Gasteiger partial charge in [0.15, 0.2) is 5.82 Å². The summed E-state index contributed by atoms with van der Waals surface area (Å²) in [5.41, 5.74) is 0. The minimum atomic E-state index is -3.82. The predicted octanol–water partition coefficient (Wildman–Crippen LogP) is 0.185. The summed E-state index contributed by atoms with van der Waals surface area (Å²) in [7, 11) is -3.82. The number of rotatable bonds is 5. The van der Waals surface area contributed by atoms with Crippen LogP contribution in [-0.4, -0.2) is 29.3 Å². The Kier molecular flexibility index (Phi) is 3.19. The SMILES string of the molecule is CC(C)OCc1nnc(S(N)(=O)=O)n1C1CC1. The first-order valence-corrected chi connectivity index (χ1v) is 7.02. The van der Waals surface area contributed by atoms with Crippen molar-refractivity contribution in [3.05, 3.63) is 5.82 Å². The second-order valence-corrected chi connectivity index (χ2v) is 5.86. The van der Waals surface area contributed by atoms with Crippen LogP contribution in [0.1, 0.15) is 38.6 Å². The van der Waals surface area contributed by atoms with Crippen molar-refractivity contribution in [2.45, 2.75) is 50.6 Å². The van der Waals surface area contributed by atoms with Crippen LogP contribution in [0.2, 0.25) is 0 Å². The zero-order valence-electron chi connectivity index (χ0n) is 9.83. The van der Waals surface area contributed by atoms with E-state index in [0.717, 1.165) is 12.8 Å². The van der Waals surface area contributed by atoms with Gasteiger partial charge in [0, 0.05) is 6.04 Å². The van der Waals surface area contributed by atoms with Crippen LogP contribution in [0.15, 0.2) is 5.16 Å². The van der Waals surface area contributed by atoms with Gasteiger partial charge in [0.2, 0.25) is 0 Å². The van der Waals surface area contributed by atoms with Crippen LogP contribution in [0.25, 0.3) is 0 Å². The first-order chi connectivity index (χ1) is 7.89. The van der Waals surface area contributed by atoms with Crippen LogP contribution < -0.4 is 5.14 Å². The maximum Gasteiger partial charge on any atom is 0.273 e. The molecular formula is C9H16N4O3S. The fraction of sp³-hybridized carbons (Fsp3) is 0.778. The Morgan fingerprint density at radius 3 is 2.59 bits per heavy atom. The molecule has 1 saturated carbocycles. The minimum Gasteiger partial charge on any atom is -0.371 e. The van der Waals surface area contributed by atoms with Crippen LogP contribution >= 0.6 is 0 Å². The summed E-state index contributed by atoms with van der Waals surface area (Å²) in [5.74, 6) is 0.519. The van der Waals surface area contributed by atoms with E-state index in [9.17, 15) is 8.42 Å². The molecule has 0 aromatic carbocycles. The van der Waals surface area contributed by atoms with Gasteiger partial charge in [-0.2, -0.15) is 0 Å². The maximum absolute atomic E-state index is 11.4. The summed E-state index contributed by atoms with van der Waals surface area (Å²) in [4.78, 5) is 0. The number of hydrogen-bond acceptors (Lipinski definition) is 5. The quantitative estimate of drug-likeness (QED) is 0.814. The lowest BCUT2D eigenvalue weighted by Gasteiger charge is -2.09. The van der Waals surface area contributed by atoms with Crippen LogP contribution in [0.3, 0.4) is 0 Å². The van der Waals surface area contributed by atoms with Crippen molar-refractivity contribution in [1.82, 2.24) is 14.8 Å². The molecule has 1 aliphatic carbocycles. The fourth-order valence-corrected chi connectivity index (χ4v) is 2.22. The summed E-state index contributed by atoms with van der Waals surface area (Å²) < 4.78 is 29.7. The molecular weight excluding hydrogens is 244 g/mol. The Labute approximate surface area is 100 Å². The third-order valence-electron chi connectivity index (χ3n) is 2.45. The Balaban J connectivity index is 2.30. The Morgan fingerprint density at radius 2 is 2.12 bits per heavy atom. The molecule has 0 unspecified atom stereocenters. The molecule has 0 atom stereocenters. The first-order valence-electron chi connectivity index (χ1n) is 5.47. The zero-order chi connectivity index (χ0) is 12.6. The van der Waals surface area contributed by atoms with Gasteiger partial charge in [0.05, 0.1) is 6.10 Å². The van der Waals surface area contributed by atoms with Crippen LogP contribution in [-0.2, 0) is 21.4 Å². The molecule has 1 heterocycles. The Bertz CT molecular complexity index is 504. The zero-order valence-corrected chi connectivity index (χ0v) is 10.6. The van der Waals surface area contributed by atoms with Gasteiger partial charge in [-0.1, -0.05) is 0 Å². The van der Waals surface area contributed by atoms with Gasteiger partial charge in [-0.3, -0.25) is 4.57 Å². The van der Waals surface area contributed by atoms with Crippen molar-refractivity contribution in [1.29, 1.82) is 0 Å². The second kappa shape index (κ2) is 4.35. The molecule has 7 nitrogen and oxygen atoms in total. The number of aromatic nitrogens is 3. The van der Waals surface area contributed by atoms with E-state index in [2.05, 4.69) is 10.2 Å². The average Bonchev–Trinajstić information content (AvgIpc) is 2.93. The molecule has 8 heteroatoms. The number of sulfonamides is 1. The van der Waals surface area contributed by atoms with Crippen molar-refractivity contribution < 1.29 is 13.2 Å². The molecule has 0 aliphatic heterocycles. The highest BCUT2D eigenvalue weighted by Gasteiger charge is 2.33. The summed E-state index contributed by atoms with van der Waals surface area (Å²) in [6.07, 6.45) is 1.90. The first kappa shape index (κ1) is 12.5. The van der Waals surface area contributed by atoms with Crippen molar-refractivity contribution in [2.75, 3.05) is 0 Å². The van der Waals surface area contributed by atoms with E-state index in [-0.39, 0.29) is 23.9 Å². The standard InChI is InChI=1S/C9H16N4O3S/c1-6(2)16-5-8-11-12-9(17(10,14)15)13(8)7-3-4-7/h6-7H,3-5H2,1-2H3,(H2,10,14,15). The van der Waals surface area contributed by atoms with Gasteiger partial charge in [-0.15, -0.1) is 10.2 Å². The predicted molar refractivity (Wildman–Crippen MR) is 59.6 cm³/mol. The molecule has 96 valence electrons.